The molecule has 0 saturated heterocycles. The maximum absolute atomic E-state index is 13.6. The molecule has 1 heterocycles. The van der Waals surface area contributed by atoms with Gasteiger partial charge in [-0.3, -0.25) is 9.19 Å². The summed E-state index contributed by atoms with van der Waals surface area (Å²) in [5.74, 6) is -1.83. The van der Waals surface area contributed by atoms with Crippen molar-refractivity contribution in [3.63, 3.8) is 0 Å². The number of hydrogen-bond acceptors (Lipinski definition) is 3. The van der Waals surface area contributed by atoms with Gasteiger partial charge in [0.15, 0.2) is 0 Å². The molecular formula is C12H9BrF2N2OS. The first-order valence-electron chi connectivity index (χ1n) is 5.19. The Kier molecular flexibility index (Phi) is 4.26. The molecule has 1 aromatic heterocycles. The average molecular weight is 347 g/mol. The van der Waals surface area contributed by atoms with E-state index in [1.807, 2.05) is 0 Å². The van der Waals surface area contributed by atoms with E-state index in [4.69, 9.17) is 5.73 Å². The smallest absolute Gasteiger partial charge is 0.144 e. The van der Waals surface area contributed by atoms with Crippen molar-refractivity contribution in [3.05, 3.63) is 52.3 Å². The first-order valence-corrected chi connectivity index (χ1v) is 7.31. The number of nitrogens with two attached hydrogens (primary N) is 1. The molecule has 0 radical (unpaired) electrons. The normalized spacial score (nSPS) is 12.4. The van der Waals surface area contributed by atoms with Crippen LogP contribution in [0.5, 0.6) is 0 Å². The summed E-state index contributed by atoms with van der Waals surface area (Å²) >= 11 is 3.22. The molecule has 0 amide bonds. The summed E-state index contributed by atoms with van der Waals surface area (Å²) < 4.78 is 39.9. The summed E-state index contributed by atoms with van der Waals surface area (Å²) in [5, 5.41) is 0. The summed E-state index contributed by atoms with van der Waals surface area (Å²) in [6.45, 7) is 0. The number of halogens is 3. The van der Waals surface area contributed by atoms with Crippen molar-refractivity contribution in [1.29, 1.82) is 0 Å². The van der Waals surface area contributed by atoms with Crippen LogP contribution in [-0.2, 0) is 16.6 Å². The van der Waals surface area contributed by atoms with Gasteiger partial charge in [-0.15, -0.1) is 0 Å². The van der Waals surface area contributed by atoms with Crippen LogP contribution in [-0.4, -0.2) is 9.19 Å². The van der Waals surface area contributed by atoms with Gasteiger partial charge in [0.05, 0.1) is 16.6 Å². The maximum Gasteiger partial charge on any atom is 0.144 e. The van der Waals surface area contributed by atoms with E-state index in [1.54, 1.807) is 12.3 Å². The minimum Gasteiger partial charge on any atom is -0.399 e. The summed E-state index contributed by atoms with van der Waals surface area (Å²) in [6.07, 6.45) is 3.06. The van der Waals surface area contributed by atoms with Gasteiger partial charge in [-0.1, -0.05) is 0 Å². The molecule has 2 rings (SSSR count). The minimum atomic E-state index is -1.84. The molecule has 2 N–H and O–H groups in total. The summed E-state index contributed by atoms with van der Waals surface area (Å²) in [6, 6.07) is 3.60. The van der Waals surface area contributed by atoms with Crippen molar-refractivity contribution in [2.75, 3.05) is 5.73 Å². The van der Waals surface area contributed by atoms with Gasteiger partial charge >= 0.3 is 0 Å². The van der Waals surface area contributed by atoms with Gasteiger partial charge < -0.3 is 5.73 Å². The molecule has 100 valence electrons. The largest absolute Gasteiger partial charge is 0.399 e. The van der Waals surface area contributed by atoms with Gasteiger partial charge in [-0.05, 0) is 39.7 Å². The van der Waals surface area contributed by atoms with E-state index in [-0.39, 0.29) is 11.4 Å². The highest BCUT2D eigenvalue weighted by Gasteiger charge is 2.17. The van der Waals surface area contributed by atoms with Crippen molar-refractivity contribution in [2.24, 2.45) is 0 Å². The van der Waals surface area contributed by atoms with E-state index < -0.39 is 27.3 Å². The van der Waals surface area contributed by atoms with E-state index in [9.17, 15) is 13.0 Å². The second kappa shape index (κ2) is 5.75. The number of aromatic nitrogens is 1. The number of hydrogen-bond donors (Lipinski definition) is 1. The van der Waals surface area contributed by atoms with Crippen molar-refractivity contribution in [1.82, 2.24) is 4.98 Å². The van der Waals surface area contributed by atoms with Crippen LogP contribution >= 0.6 is 15.9 Å². The molecular weight excluding hydrogens is 338 g/mol. The summed E-state index contributed by atoms with van der Waals surface area (Å²) in [4.78, 5) is 3.44. The molecule has 0 bridgehead atoms. The number of nitrogen functional groups attached to an aromatic ring is 1. The lowest BCUT2D eigenvalue weighted by Crippen LogP contribution is -2.04. The Morgan fingerprint density at radius 1 is 1.21 bits per heavy atom. The molecule has 3 nitrogen and oxygen atoms in total. The van der Waals surface area contributed by atoms with Crippen molar-refractivity contribution < 1.29 is 13.0 Å². The van der Waals surface area contributed by atoms with Gasteiger partial charge in [0.2, 0.25) is 0 Å². The van der Waals surface area contributed by atoms with E-state index in [0.717, 1.165) is 12.1 Å². The second-order valence-electron chi connectivity index (χ2n) is 3.81. The first-order chi connectivity index (χ1) is 8.97. The molecule has 0 aliphatic rings. The molecule has 1 atom stereocenters. The fourth-order valence-electron chi connectivity index (χ4n) is 1.56. The first kappa shape index (κ1) is 14.1. The van der Waals surface area contributed by atoms with E-state index >= 15 is 0 Å². The molecule has 0 aliphatic heterocycles. The Bertz CT molecular complexity index is 628. The molecule has 0 saturated carbocycles. The van der Waals surface area contributed by atoms with Gasteiger partial charge in [0.25, 0.3) is 0 Å². The topological polar surface area (TPSA) is 56.0 Å². The summed E-state index contributed by atoms with van der Waals surface area (Å²) in [7, 11) is -1.84. The zero-order valence-electron chi connectivity index (χ0n) is 9.57. The maximum atomic E-state index is 13.6. The SMILES string of the molecule is Nc1cc(F)c(S(=O)Cc2cncc(Br)c2)c(F)c1. The van der Waals surface area contributed by atoms with Crippen LogP contribution in [0.2, 0.25) is 0 Å². The van der Waals surface area contributed by atoms with E-state index in [0.29, 0.717) is 10.0 Å². The third kappa shape index (κ3) is 3.36. The monoisotopic (exact) mass is 346 g/mol. The van der Waals surface area contributed by atoms with Crippen LogP contribution in [0.15, 0.2) is 40.0 Å². The average Bonchev–Trinajstić information content (AvgIpc) is 2.27. The van der Waals surface area contributed by atoms with Gasteiger partial charge in [0.1, 0.15) is 16.5 Å². The van der Waals surface area contributed by atoms with Crippen LogP contribution in [0, 0.1) is 11.6 Å². The van der Waals surface area contributed by atoms with E-state index in [2.05, 4.69) is 20.9 Å². The van der Waals surface area contributed by atoms with Crippen molar-refractivity contribution in [3.8, 4) is 0 Å². The quantitative estimate of drug-likeness (QED) is 0.869. The minimum absolute atomic E-state index is 0.0236. The lowest BCUT2D eigenvalue weighted by molar-refractivity contribution is 0.535. The third-order valence-corrected chi connectivity index (χ3v) is 4.18. The Morgan fingerprint density at radius 3 is 2.42 bits per heavy atom. The number of anilines is 1. The molecule has 1 aromatic carbocycles. The van der Waals surface area contributed by atoms with Gasteiger partial charge in [-0.2, -0.15) is 0 Å². The number of rotatable bonds is 3. The van der Waals surface area contributed by atoms with Crippen LogP contribution < -0.4 is 5.73 Å². The highest BCUT2D eigenvalue weighted by Crippen LogP contribution is 2.23. The van der Waals surface area contributed by atoms with Crippen molar-refractivity contribution >= 4 is 32.4 Å². The molecule has 0 spiro atoms. The zero-order valence-corrected chi connectivity index (χ0v) is 12.0. The molecule has 7 heteroatoms. The molecule has 1 unspecified atom stereocenters. The third-order valence-electron chi connectivity index (χ3n) is 2.31. The Morgan fingerprint density at radius 2 is 1.84 bits per heavy atom. The predicted octanol–water partition coefficient (Wildman–Crippen LogP) is 3.01. The Hall–Kier alpha value is -1.34. The van der Waals surface area contributed by atoms with Gasteiger partial charge in [0, 0.05) is 22.6 Å². The summed E-state index contributed by atoms with van der Waals surface area (Å²) in [5.41, 5.74) is 5.88. The fraction of sp³-hybridized carbons (Fsp3) is 0.0833. The predicted molar refractivity (Wildman–Crippen MR) is 72.8 cm³/mol. The molecule has 19 heavy (non-hydrogen) atoms. The zero-order chi connectivity index (χ0) is 14.0. The Labute approximate surface area is 119 Å². The van der Waals surface area contributed by atoms with Crippen LogP contribution in [0.1, 0.15) is 5.56 Å². The van der Waals surface area contributed by atoms with Crippen LogP contribution in [0.25, 0.3) is 0 Å². The fourth-order valence-corrected chi connectivity index (χ4v) is 3.13. The number of nitrogens with zero attached hydrogens (tertiary/aromatic N) is 1. The molecule has 2 aromatic rings. The van der Waals surface area contributed by atoms with Gasteiger partial charge in [-0.25, -0.2) is 8.78 Å². The van der Waals surface area contributed by atoms with Crippen molar-refractivity contribution in [2.45, 2.75) is 10.6 Å². The second-order valence-corrected chi connectivity index (χ2v) is 6.12. The Balaban J connectivity index is 2.31. The molecule has 0 aliphatic carbocycles. The lowest BCUT2D eigenvalue weighted by atomic mass is 10.3. The highest BCUT2D eigenvalue weighted by molar-refractivity contribution is 9.10. The molecule has 0 fully saturated rings. The lowest BCUT2D eigenvalue weighted by Gasteiger charge is -2.06. The van der Waals surface area contributed by atoms with E-state index in [1.165, 1.54) is 6.20 Å². The van der Waals surface area contributed by atoms with Crippen LogP contribution in [0.4, 0.5) is 14.5 Å². The highest BCUT2D eigenvalue weighted by atomic mass is 79.9. The number of benzene rings is 1. The standard InChI is InChI=1S/C12H9BrF2N2OS/c13-8-1-7(4-17-5-8)6-19(18)12-10(14)2-9(16)3-11(12)15/h1-5H,6,16H2. The number of pyridine rings is 1. The van der Waals surface area contributed by atoms with Crippen LogP contribution in [0.3, 0.4) is 0 Å².